The van der Waals surface area contributed by atoms with Crippen LogP contribution < -0.4 is 5.73 Å². The third-order valence-corrected chi connectivity index (χ3v) is 4.42. The molecule has 23 heavy (non-hydrogen) atoms. The van der Waals surface area contributed by atoms with Gasteiger partial charge in [-0.25, -0.2) is 0 Å². The lowest BCUT2D eigenvalue weighted by Gasteiger charge is -2.03. The Bertz CT molecular complexity index is 292. The Morgan fingerprint density at radius 3 is 1.39 bits per heavy atom. The molecule has 0 amide bonds. The molecule has 0 aliphatic heterocycles. The molecule has 136 valence electrons. The molecule has 0 aromatic heterocycles. The van der Waals surface area contributed by atoms with Crippen LogP contribution in [0.5, 0.6) is 0 Å². The molecule has 0 aromatic carbocycles. The summed E-state index contributed by atoms with van der Waals surface area (Å²) >= 11 is 0. The molecule has 0 heterocycles. The molecule has 0 radical (unpaired) electrons. The normalized spacial score (nSPS) is 11.8. The second-order valence-electron chi connectivity index (χ2n) is 7.05. The van der Waals surface area contributed by atoms with Gasteiger partial charge in [0.15, 0.2) is 5.78 Å². The van der Waals surface area contributed by atoms with Crippen molar-refractivity contribution in [3.05, 3.63) is 11.8 Å². The summed E-state index contributed by atoms with van der Waals surface area (Å²) in [5.41, 5.74) is 6.11. The predicted molar refractivity (Wildman–Crippen MR) is 102 cm³/mol. The summed E-state index contributed by atoms with van der Waals surface area (Å²) in [5.74, 6) is 0.180. The number of unbranched alkanes of at least 4 members (excludes halogenated alkanes) is 14. The van der Waals surface area contributed by atoms with Gasteiger partial charge in [-0.05, 0) is 19.4 Å². The van der Waals surface area contributed by atoms with Crippen molar-refractivity contribution in [3.63, 3.8) is 0 Å². The maximum atomic E-state index is 11.4. The standard InChI is InChI=1S/C21H41NO/c1-3-4-5-6-7-8-9-10-11-12-13-14-15-16-17-18-21(23)19-20(2)22/h19H,3-18,22H2,1-2H3/b20-19-. The van der Waals surface area contributed by atoms with Crippen LogP contribution in [0.1, 0.15) is 117 Å². The summed E-state index contributed by atoms with van der Waals surface area (Å²) in [7, 11) is 0. The van der Waals surface area contributed by atoms with Gasteiger partial charge < -0.3 is 5.73 Å². The van der Waals surface area contributed by atoms with Gasteiger partial charge in [0.1, 0.15) is 0 Å². The zero-order valence-corrected chi connectivity index (χ0v) is 15.9. The summed E-state index contributed by atoms with van der Waals surface area (Å²) in [6, 6.07) is 0. The molecule has 0 rings (SSSR count). The number of hydrogen-bond donors (Lipinski definition) is 1. The lowest BCUT2D eigenvalue weighted by atomic mass is 10.0. The van der Waals surface area contributed by atoms with Crippen molar-refractivity contribution in [2.45, 2.75) is 117 Å². The van der Waals surface area contributed by atoms with Gasteiger partial charge in [0.2, 0.25) is 0 Å². The van der Waals surface area contributed by atoms with E-state index >= 15 is 0 Å². The highest BCUT2D eigenvalue weighted by Gasteiger charge is 1.98. The molecule has 0 fully saturated rings. The number of rotatable bonds is 17. The molecule has 0 unspecified atom stereocenters. The van der Waals surface area contributed by atoms with E-state index in [-0.39, 0.29) is 5.78 Å². The zero-order chi connectivity index (χ0) is 17.2. The van der Waals surface area contributed by atoms with Crippen LogP contribution in [0.25, 0.3) is 0 Å². The molecule has 0 atom stereocenters. The Balaban J connectivity index is 3.11. The number of allylic oxidation sites excluding steroid dienone is 2. The molecule has 0 saturated heterocycles. The minimum atomic E-state index is 0.180. The quantitative estimate of drug-likeness (QED) is 0.240. The first kappa shape index (κ1) is 22.2. The van der Waals surface area contributed by atoms with Crippen LogP contribution in [0.3, 0.4) is 0 Å². The second kappa shape index (κ2) is 17.6. The molecule has 0 saturated carbocycles. The first-order valence-electron chi connectivity index (χ1n) is 10.1. The fourth-order valence-corrected chi connectivity index (χ4v) is 3.00. The van der Waals surface area contributed by atoms with E-state index in [9.17, 15) is 4.79 Å². The van der Waals surface area contributed by atoms with E-state index in [1.165, 1.54) is 89.9 Å². The van der Waals surface area contributed by atoms with Crippen LogP contribution in [-0.2, 0) is 4.79 Å². The molecule has 0 aromatic rings. The van der Waals surface area contributed by atoms with Gasteiger partial charge in [0.25, 0.3) is 0 Å². The van der Waals surface area contributed by atoms with Crippen molar-refractivity contribution in [1.29, 1.82) is 0 Å². The smallest absolute Gasteiger partial charge is 0.157 e. The van der Waals surface area contributed by atoms with E-state index in [1.54, 1.807) is 13.0 Å². The number of ketones is 1. The summed E-state index contributed by atoms with van der Waals surface area (Å²) in [6.07, 6.45) is 22.6. The van der Waals surface area contributed by atoms with Gasteiger partial charge in [-0.3, -0.25) is 4.79 Å². The molecule has 2 nitrogen and oxygen atoms in total. The van der Waals surface area contributed by atoms with Crippen LogP contribution in [0.15, 0.2) is 11.8 Å². The lowest BCUT2D eigenvalue weighted by molar-refractivity contribution is -0.114. The van der Waals surface area contributed by atoms with Crippen molar-refractivity contribution in [1.82, 2.24) is 0 Å². The number of carbonyl (C=O) groups excluding carboxylic acids is 1. The minimum absolute atomic E-state index is 0.180. The summed E-state index contributed by atoms with van der Waals surface area (Å²) in [6.45, 7) is 4.05. The molecular formula is C21H41NO. The highest BCUT2D eigenvalue weighted by Crippen LogP contribution is 2.13. The zero-order valence-electron chi connectivity index (χ0n) is 15.9. The van der Waals surface area contributed by atoms with Crippen molar-refractivity contribution < 1.29 is 4.79 Å². The lowest BCUT2D eigenvalue weighted by Crippen LogP contribution is -1.98. The van der Waals surface area contributed by atoms with Gasteiger partial charge in [-0.15, -0.1) is 0 Å². The van der Waals surface area contributed by atoms with E-state index in [0.717, 1.165) is 6.42 Å². The monoisotopic (exact) mass is 323 g/mol. The highest BCUT2D eigenvalue weighted by molar-refractivity contribution is 5.89. The van der Waals surface area contributed by atoms with Crippen molar-refractivity contribution >= 4 is 5.78 Å². The third kappa shape index (κ3) is 19.2. The third-order valence-electron chi connectivity index (χ3n) is 4.42. The van der Waals surface area contributed by atoms with E-state index in [2.05, 4.69) is 6.92 Å². The molecule has 0 bridgehead atoms. The van der Waals surface area contributed by atoms with E-state index in [4.69, 9.17) is 5.73 Å². The summed E-state index contributed by atoms with van der Waals surface area (Å²) in [4.78, 5) is 11.4. The molecule has 2 heteroatoms. The van der Waals surface area contributed by atoms with Crippen LogP contribution in [0, 0.1) is 0 Å². The highest BCUT2D eigenvalue weighted by atomic mass is 16.1. The van der Waals surface area contributed by atoms with Crippen LogP contribution in [0.2, 0.25) is 0 Å². The van der Waals surface area contributed by atoms with Gasteiger partial charge in [-0.2, -0.15) is 0 Å². The van der Waals surface area contributed by atoms with Gasteiger partial charge in [-0.1, -0.05) is 96.8 Å². The predicted octanol–water partition coefficient (Wildman–Crippen LogP) is 6.68. The average molecular weight is 324 g/mol. The largest absolute Gasteiger partial charge is 0.402 e. The molecular weight excluding hydrogens is 282 g/mol. The maximum Gasteiger partial charge on any atom is 0.157 e. The number of carbonyl (C=O) groups is 1. The van der Waals surface area contributed by atoms with E-state index in [1.807, 2.05) is 0 Å². The van der Waals surface area contributed by atoms with Crippen LogP contribution >= 0.6 is 0 Å². The number of hydrogen-bond acceptors (Lipinski definition) is 2. The second-order valence-corrected chi connectivity index (χ2v) is 7.05. The molecule has 2 N–H and O–H groups in total. The van der Waals surface area contributed by atoms with Gasteiger partial charge in [0.05, 0.1) is 0 Å². The fourth-order valence-electron chi connectivity index (χ4n) is 3.00. The Morgan fingerprint density at radius 2 is 1.04 bits per heavy atom. The van der Waals surface area contributed by atoms with Crippen LogP contribution in [0.4, 0.5) is 0 Å². The summed E-state index contributed by atoms with van der Waals surface area (Å²) < 4.78 is 0. The minimum Gasteiger partial charge on any atom is -0.402 e. The molecule has 0 spiro atoms. The van der Waals surface area contributed by atoms with E-state index in [0.29, 0.717) is 12.1 Å². The van der Waals surface area contributed by atoms with E-state index < -0.39 is 0 Å². The fraction of sp³-hybridized carbons (Fsp3) is 0.857. The van der Waals surface area contributed by atoms with Crippen molar-refractivity contribution in [2.24, 2.45) is 5.73 Å². The first-order valence-corrected chi connectivity index (χ1v) is 10.1. The summed E-state index contributed by atoms with van der Waals surface area (Å²) in [5, 5.41) is 0. The van der Waals surface area contributed by atoms with Gasteiger partial charge >= 0.3 is 0 Å². The maximum absolute atomic E-state index is 11.4. The Morgan fingerprint density at radius 1 is 0.696 bits per heavy atom. The Kier molecular flexibility index (Phi) is 17.0. The van der Waals surface area contributed by atoms with Crippen LogP contribution in [-0.4, -0.2) is 5.78 Å². The first-order chi connectivity index (χ1) is 11.2. The molecule has 0 aliphatic rings. The Hall–Kier alpha value is -0.790. The molecule has 0 aliphatic carbocycles. The van der Waals surface area contributed by atoms with Gasteiger partial charge in [0, 0.05) is 12.1 Å². The average Bonchev–Trinajstić information content (AvgIpc) is 2.50. The topological polar surface area (TPSA) is 43.1 Å². The van der Waals surface area contributed by atoms with Crippen molar-refractivity contribution in [3.8, 4) is 0 Å². The SMILES string of the molecule is CCCCCCCCCCCCCCCCCC(=O)/C=C(/C)N. The van der Waals surface area contributed by atoms with Crippen molar-refractivity contribution in [2.75, 3.05) is 0 Å². The Labute approximate surface area is 145 Å². The number of nitrogens with two attached hydrogens (primary N) is 1.